The predicted octanol–water partition coefficient (Wildman–Crippen LogP) is 4.04. The molecule has 0 unspecified atom stereocenters. The van der Waals surface area contributed by atoms with Crippen molar-refractivity contribution in [2.75, 3.05) is 11.9 Å². The first-order valence-electron chi connectivity index (χ1n) is 10.7. The van der Waals surface area contributed by atoms with E-state index in [0.29, 0.717) is 57.7 Å². The van der Waals surface area contributed by atoms with Gasteiger partial charge in [0.25, 0.3) is 17.6 Å². The molecule has 1 aromatic carbocycles. The second kappa shape index (κ2) is 9.86. The molecule has 2 aromatic rings. The number of Topliss-reactive ketones (excluding diaryl/α,β-unsaturated/α-hetero) is 1. The highest BCUT2D eigenvalue weighted by Crippen LogP contribution is 2.34. The molecule has 2 aliphatic heterocycles. The van der Waals surface area contributed by atoms with E-state index in [4.69, 9.17) is 17.3 Å². The Morgan fingerprint density at radius 3 is 2.74 bits per heavy atom. The number of aliphatic carboxylic acids is 1. The van der Waals surface area contributed by atoms with Gasteiger partial charge in [-0.15, -0.1) is 0 Å². The van der Waals surface area contributed by atoms with Gasteiger partial charge in [-0.3, -0.25) is 24.1 Å². The van der Waals surface area contributed by atoms with Crippen LogP contribution in [0.25, 0.3) is 17.3 Å². The van der Waals surface area contributed by atoms with Crippen molar-refractivity contribution in [2.45, 2.75) is 32.6 Å². The number of aromatic nitrogens is 1. The fraction of sp³-hybridized carbons (Fsp3) is 0.250. The van der Waals surface area contributed by atoms with Crippen LogP contribution in [-0.4, -0.2) is 49.4 Å². The summed E-state index contributed by atoms with van der Waals surface area (Å²) in [6.45, 7) is 2.30. The highest BCUT2D eigenvalue weighted by Gasteiger charge is 2.32. The Kier molecular flexibility index (Phi) is 6.90. The van der Waals surface area contributed by atoms with Crippen molar-refractivity contribution >= 4 is 63.6 Å². The number of unbranched alkanes of at least 4 members (excludes halogenated alkanes) is 2. The molecule has 0 radical (unpaired) electrons. The van der Waals surface area contributed by atoms with Crippen LogP contribution >= 0.6 is 24.0 Å². The lowest BCUT2D eigenvalue weighted by atomic mass is 9.99. The van der Waals surface area contributed by atoms with E-state index >= 15 is 0 Å². The summed E-state index contributed by atoms with van der Waals surface area (Å²) in [6.07, 6.45) is 3.76. The highest BCUT2D eigenvalue weighted by molar-refractivity contribution is 8.26. The van der Waals surface area contributed by atoms with Gasteiger partial charge in [0.15, 0.2) is 0 Å². The number of amides is 2. The van der Waals surface area contributed by atoms with E-state index in [0.717, 1.165) is 11.1 Å². The Morgan fingerprint density at radius 1 is 1.18 bits per heavy atom. The normalized spacial score (nSPS) is 16.4. The first-order valence-corrected chi connectivity index (χ1v) is 11.9. The lowest BCUT2D eigenvalue weighted by molar-refractivity contribution is -0.137. The molecule has 4 rings (SSSR count). The van der Waals surface area contributed by atoms with Crippen molar-refractivity contribution < 1.29 is 24.3 Å². The third-order valence-electron chi connectivity index (χ3n) is 5.54. The Balaban J connectivity index is 1.50. The number of thioether (sulfide) groups is 1. The molecule has 0 aliphatic carbocycles. The van der Waals surface area contributed by atoms with E-state index in [1.54, 1.807) is 29.2 Å². The maximum atomic E-state index is 12.8. The second-order valence-electron chi connectivity index (χ2n) is 7.98. The summed E-state index contributed by atoms with van der Waals surface area (Å²) in [7, 11) is 0. The van der Waals surface area contributed by atoms with Crippen molar-refractivity contribution in [3.63, 3.8) is 0 Å². The molecule has 0 bridgehead atoms. The number of pyridine rings is 1. The monoisotopic (exact) mass is 495 g/mol. The number of nitrogens with zero attached hydrogens (tertiary/aromatic N) is 2. The van der Waals surface area contributed by atoms with Gasteiger partial charge in [-0.25, -0.2) is 4.98 Å². The van der Waals surface area contributed by atoms with E-state index in [1.807, 2.05) is 19.1 Å². The molecule has 3 heterocycles. The van der Waals surface area contributed by atoms with Crippen LogP contribution in [-0.2, 0) is 14.4 Å². The standard InChI is InChI=1S/C24H21N3O5S2/c1-13-10-16-18(26-22(31)21(16)30)12-15(13)17-7-5-6-14(25-17)11-19-23(32)27(24(33)34-19)9-4-2-3-8-20(28)29/h5-7,10-12H,2-4,8-9H2,1H3,(H,28,29)(H,26,30,31)/b19-11-. The average molecular weight is 496 g/mol. The zero-order chi connectivity index (χ0) is 24.4. The Labute approximate surface area is 205 Å². The van der Waals surface area contributed by atoms with Crippen LogP contribution in [0.1, 0.15) is 47.3 Å². The predicted molar refractivity (Wildman–Crippen MR) is 133 cm³/mol. The van der Waals surface area contributed by atoms with Crippen molar-refractivity contribution in [1.29, 1.82) is 0 Å². The zero-order valence-electron chi connectivity index (χ0n) is 18.3. The van der Waals surface area contributed by atoms with Crippen LogP contribution < -0.4 is 5.32 Å². The van der Waals surface area contributed by atoms with Crippen LogP contribution in [0.4, 0.5) is 5.69 Å². The summed E-state index contributed by atoms with van der Waals surface area (Å²) in [6, 6.07) is 8.86. The summed E-state index contributed by atoms with van der Waals surface area (Å²) >= 11 is 6.58. The molecule has 2 N–H and O–H groups in total. The number of thiocarbonyl (C=S) groups is 1. The molecule has 0 atom stereocenters. The Morgan fingerprint density at radius 2 is 1.97 bits per heavy atom. The lowest BCUT2D eigenvalue weighted by Gasteiger charge is -2.13. The number of fused-ring (bicyclic) bond motifs is 1. The number of hydrogen-bond acceptors (Lipinski definition) is 7. The minimum atomic E-state index is -0.823. The summed E-state index contributed by atoms with van der Waals surface area (Å²) in [5, 5.41) is 11.3. The van der Waals surface area contributed by atoms with Crippen LogP contribution in [0.2, 0.25) is 0 Å². The molecule has 8 nitrogen and oxygen atoms in total. The van der Waals surface area contributed by atoms with E-state index in [2.05, 4.69) is 10.3 Å². The second-order valence-corrected chi connectivity index (χ2v) is 9.66. The van der Waals surface area contributed by atoms with Gasteiger partial charge in [-0.1, -0.05) is 36.5 Å². The molecule has 0 spiro atoms. The number of carboxylic acid groups (broad SMARTS) is 1. The first kappa shape index (κ1) is 23.8. The number of rotatable bonds is 8. The number of carbonyl (C=O) groups is 4. The minimum Gasteiger partial charge on any atom is -0.481 e. The lowest BCUT2D eigenvalue weighted by Crippen LogP contribution is -2.29. The topological polar surface area (TPSA) is 117 Å². The number of benzene rings is 1. The largest absolute Gasteiger partial charge is 0.481 e. The summed E-state index contributed by atoms with van der Waals surface area (Å²) in [5.74, 6) is -2.19. The van der Waals surface area contributed by atoms with Gasteiger partial charge >= 0.3 is 5.97 Å². The maximum absolute atomic E-state index is 12.8. The molecule has 1 saturated heterocycles. The number of carboxylic acids is 1. The third-order valence-corrected chi connectivity index (χ3v) is 6.91. The summed E-state index contributed by atoms with van der Waals surface area (Å²) in [4.78, 5) is 53.8. The number of nitrogens with one attached hydrogen (secondary N) is 1. The summed E-state index contributed by atoms with van der Waals surface area (Å²) < 4.78 is 0.473. The summed E-state index contributed by atoms with van der Waals surface area (Å²) in [5.41, 5.74) is 3.64. The minimum absolute atomic E-state index is 0.118. The van der Waals surface area contributed by atoms with E-state index in [9.17, 15) is 19.2 Å². The van der Waals surface area contributed by atoms with E-state index in [1.165, 1.54) is 11.8 Å². The van der Waals surface area contributed by atoms with Crippen molar-refractivity contribution in [3.8, 4) is 11.3 Å². The quantitative estimate of drug-likeness (QED) is 0.244. The molecule has 10 heteroatoms. The zero-order valence-corrected chi connectivity index (χ0v) is 19.9. The first-order chi connectivity index (χ1) is 16.2. The molecular weight excluding hydrogens is 474 g/mol. The average Bonchev–Trinajstić information content (AvgIpc) is 3.22. The fourth-order valence-electron chi connectivity index (χ4n) is 3.81. The van der Waals surface area contributed by atoms with Crippen LogP contribution in [0.5, 0.6) is 0 Å². The molecule has 0 saturated carbocycles. The fourth-order valence-corrected chi connectivity index (χ4v) is 5.10. The van der Waals surface area contributed by atoms with Crippen LogP contribution in [0.3, 0.4) is 0 Å². The van der Waals surface area contributed by atoms with Gasteiger partial charge in [0.1, 0.15) is 4.32 Å². The number of hydrogen-bond donors (Lipinski definition) is 2. The van der Waals surface area contributed by atoms with Gasteiger partial charge in [0.2, 0.25) is 0 Å². The van der Waals surface area contributed by atoms with Gasteiger partial charge in [0, 0.05) is 18.5 Å². The van der Waals surface area contributed by atoms with Gasteiger partial charge in [-0.05, 0) is 55.7 Å². The molecule has 34 heavy (non-hydrogen) atoms. The molecule has 2 amide bonds. The maximum Gasteiger partial charge on any atom is 0.303 e. The molecule has 1 aromatic heterocycles. The molecule has 174 valence electrons. The molecule has 2 aliphatic rings. The molecule has 1 fully saturated rings. The van der Waals surface area contributed by atoms with E-state index in [-0.39, 0.29) is 12.3 Å². The van der Waals surface area contributed by atoms with Crippen LogP contribution in [0.15, 0.2) is 35.2 Å². The number of carbonyl (C=O) groups excluding carboxylic acids is 3. The van der Waals surface area contributed by atoms with Gasteiger partial charge in [-0.2, -0.15) is 0 Å². The van der Waals surface area contributed by atoms with Gasteiger partial charge in [0.05, 0.1) is 27.5 Å². The number of anilines is 1. The number of aryl methyl sites for hydroxylation is 1. The molecular formula is C24H21N3O5S2. The Hall–Kier alpha value is -3.37. The van der Waals surface area contributed by atoms with Crippen molar-refractivity contribution in [1.82, 2.24) is 9.88 Å². The van der Waals surface area contributed by atoms with Crippen LogP contribution in [0, 0.1) is 6.92 Å². The third kappa shape index (κ3) is 4.92. The van der Waals surface area contributed by atoms with Crippen molar-refractivity contribution in [3.05, 3.63) is 52.1 Å². The van der Waals surface area contributed by atoms with Gasteiger partial charge < -0.3 is 10.4 Å². The smallest absolute Gasteiger partial charge is 0.303 e. The SMILES string of the molecule is Cc1cc2c(cc1-c1cccc(/C=C3\SC(=S)N(CCCCCC(=O)O)C3=O)n1)NC(=O)C2=O. The Bertz CT molecular complexity index is 1270. The van der Waals surface area contributed by atoms with E-state index < -0.39 is 17.7 Å². The highest BCUT2D eigenvalue weighted by atomic mass is 32.2. The number of ketones is 1. The van der Waals surface area contributed by atoms with Crippen molar-refractivity contribution in [2.24, 2.45) is 0 Å².